The minimum atomic E-state index is -0.295. The number of nitrogens with one attached hydrogen (secondary N) is 1. The van der Waals surface area contributed by atoms with Crippen LogP contribution in [0.2, 0.25) is 0 Å². The van der Waals surface area contributed by atoms with Crippen molar-refractivity contribution in [1.29, 1.82) is 0 Å². The molecule has 4 nitrogen and oxygen atoms in total. The summed E-state index contributed by atoms with van der Waals surface area (Å²) in [5, 5.41) is 3.47. The number of hydrogen-bond acceptors (Lipinski definition) is 4. The summed E-state index contributed by atoms with van der Waals surface area (Å²) in [6, 6.07) is 8.64. The summed E-state index contributed by atoms with van der Waals surface area (Å²) < 4.78 is 12.3. The van der Waals surface area contributed by atoms with Gasteiger partial charge in [0.15, 0.2) is 0 Å². The summed E-state index contributed by atoms with van der Waals surface area (Å²) in [6.45, 7) is 16.0. The molecule has 0 radical (unpaired) electrons. The van der Waals surface area contributed by atoms with Crippen molar-refractivity contribution in [2.24, 2.45) is 0 Å². The predicted octanol–water partition coefficient (Wildman–Crippen LogP) is 2.17. The Bertz CT molecular complexity index is 553. The lowest BCUT2D eigenvalue weighted by atomic mass is 9.79. The first-order valence-electron chi connectivity index (χ1n) is 8.56. The molecular formula is C18H29BN2O2. The van der Waals surface area contributed by atoms with Crippen molar-refractivity contribution in [3.63, 3.8) is 0 Å². The molecule has 2 aliphatic rings. The lowest BCUT2D eigenvalue weighted by molar-refractivity contribution is 0.00578. The fourth-order valence-corrected chi connectivity index (χ4v) is 3.25. The van der Waals surface area contributed by atoms with Gasteiger partial charge in [-0.05, 0) is 59.1 Å². The van der Waals surface area contributed by atoms with Gasteiger partial charge in [-0.25, -0.2) is 0 Å². The average Bonchev–Trinajstić information content (AvgIpc) is 2.67. The van der Waals surface area contributed by atoms with Gasteiger partial charge in [0.25, 0.3) is 0 Å². The van der Waals surface area contributed by atoms with Crippen molar-refractivity contribution < 1.29 is 9.31 Å². The quantitative estimate of drug-likeness (QED) is 0.848. The normalized spacial score (nSPS) is 25.7. The standard InChI is InChI=1S/C18H29BN2O2/c1-16(2)13-20-11-12-21(16)15-9-7-14(8-10-15)19-22-17(3,4)18(5,6)23-19/h7-10,20H,11-13H2,1-6H3. The lowest BCUT2D eigenvalue weighted by Gasteiger charge is -2.44. The molecule has 0 bridgehead atoms. The number of benzene rings is 1. The molecule has 1 N–H and O–H groups in total. The first kappa shape index (κ1) is 16.8. The van der Waals surface area contributed by atoms with Crippen LogP contribution in [-0.4, -0.2) is 43.5 Å². The van der Waals surface area contributed by atoms with E-state index in [4.69, 9.17) is 9.31 Å². The Morgan fingerprint density at radius 1 is 0.957 bits per heavy atom. The second-order valence-electron chi connectivity index (χ2n) is 8.32. The van der Waals surface area contributed by atoms with Crippen LogP contribution >= 0.6 is 0 Å². The van der Waals surface area contributed by atoms with Crippen LogP contribution < -0.4 is 15.7 Å². The Kier molecular flexibility index (Phi) is 4.02. The fraction of sp³-hybridized carbons (Fsp3) is 0.667. The predicted molar refractivity (Wildman–Crippen MR) is 96.5 cm³/mol. The molecule has 1 aromatic carbocycles. The summed E-state index contributed by atoms with van der Waals surface area (Å²) in [5.41, 5.74) is 1.88. The molecule has 0 aromatic heterocycles. The maximum Gasteiger partial charge on any atom is 0.494 e. The molecule has 2 heterocycles. The molecule has 0 saturated carbocycles. The van der Waals surface area contributed by atoms with E-state index in [9.17, 15) is 0 Å². The third-order valence-corrected chi connectivity index (χ3v) is 5.53. The molecule has 2 fully saturated rings. The van der Waals surface area contributed by atoms with Crippen molar-refractivity contribution in [3.8, 4) is 0 Å². The van der Waals surface area contributed by atoms with E-state index >= 15 is 0 Å². The molecule has 0 aliphatic carbocycles. The van der Waals surface area contributed by atoms with Crippen LogP contribution in [0, 0.1) is 0 Å². The van der Waals surface area contributed by atoms with Crippen molar-refractivity contribution >= 4 is 18.3 Å². The lowest BCUT2D eigenvalue weighted by Crippen LogP contribution is -2.58. The SMILES string of the molecule is CC1(C)CNCCN1c1ccc(B2OC(C)(C)C(C)(C)O2)cc1. The van der Waals surface area contributed by atoms with Crippen LogP contribution in [0.15, 0.2) is 24.3 Å². The van der Waals surface area contributed by atoms with Gasteiger partial charge in [-0.15, -0.1) is 0 Å². The summed E-state index contributed by atoms with van der Waals surface area (Å²) in [5.74, 6) is 0. The van der Waals surface area contributed by atoms with E-state index in [1.165, 1.54) is 5.69 Å². The maximum absolute atomic E-state index is 6.13. The molecule has 0 atom stereocenters. The first-order chi connectivity index (χ1) is 10.6. The fourth-order valence-electron chi connectivity index (χ4n) is 3.25. The molecule has 0 spiro atoms. The topological polar surface area (TPSA) is 33.7 Å². The van der Waals surface area contributed by atoms with Crippen molar-refractivity contribution in [2.75, 3.05) is 24.5 Å². The number of rotatable bonds is 2. The molecule has 2 aliphatic heterocycles. The summed E-state index contributed by atoms with van der Waals surface area (Å²) >= 11 is 0. The van der Waals surface area contributed by atoms with Gasteiger partial charge in [-0.2, -0.15) is 0 Å². The largest absolute Gasteiger partial charge is 0.494 e. The van der Waals surface area contributed by atoms with Gasteiger partial charge in [0.1, 0.15) is 0 Å². The van der Waals surface area contributed by atoms with Gasteiger partial charge in [-0.1, -0.05) is 12.1 Å². The Hall–Kier alpha value is -1.04. The van der Waals surface area contributed by atoms with Gasteiger partial charge < -0.3 is 19.5 Å². The Balaban J connectivity index is 1.78. The second-order valence-corrected chi connectivity index (χ2v) is 8.32. The maximum atomic E-state index is 6.13. The average molecular weight is 316 g/mol. The van der Waals surface area contributed by atoms with Crippen LogP contribution in [0.5, 0.6) is 0 Å². The molecule has 5 heteroatoms. The van der Waals surface area contributed by atoms with Crippen molar-refractivity contribution in [2.45, 2.75) is 58.3 Å². The van der Waals surface area contributed by atoms with E-state index in [0.717, 1.165) is 25.1 Å². The van der Waals surface area contributed by atoms with E-state index in [1.54, 1.807) is 0 Å². The van der Waals surface area contributed by atoms with Gasteiger partial charge in [0, 0.05) is 30.9 Å². The molecular weight excluding hydrogens is 287 g/mol. The third kappa shape index (κ3) is 3.02. The molecule has 1 aromatic rings. The van der Waals surface area contributed by atoms with E-state index in [2.05, 4.69) is 76.0 Å². The number of hydrogen-bond donors (Lipinski definition) is 1. The van der Waals surface area contributed by atoms with Crippen molar-refractivity contribution in [3.05, 3.63) is 24.3 Å². The van der Waals surface area contributed by atoms with Crippen molar-refractivity contribution in [1.82, 2.24) is 5.32 Å². The smallest absolute Gasteiger partial charge is 0.399 e. The monoisotopic (exact) mass is 316 g/mol. The Labute approximate surface area is 140 Å². The minimum absolute atomic E-state index is 0.129. The van der Waals surface area contributed by atoms with E-state index in [0.29, 0.717) is 0 Å². The number of piperazine rings is 1. The van der Waals surface area contributed by atoms with Crippen LogP contribution in [-0.2, 0) is 9.31 Å². The first-order valence-corrected chi connectivity index (χ1v) is 8.56. The Morgan fingerprint density at radius 2 is 1.52 bits per heavy atom. The zero-order chi connectivity index (χ0) is 16.9. The third-order valence-electron chi connectivity index (χ3n) is 5.53. The van der Waals surface area contributed by atoms with Crippen LogP contribution in [0.4, 0.5) is 5.69 Å². The highest BCUT2D eigenvalue weighted by Gasteiger charge is 2.51. The van der Waals surface area contributed by atoms with E-state index in [1.807, 2.05) is 0 Å². The summed E-state index contributed by atoms with van der Waals surface area (Å²) in [6.07, 6.45) is 0. The summed E-state index contributed by atoms with van der Waals surface area (Å²) in [7, 11) is -0.287. The Morgan fingerprint density at radius 3 is 2.04 bits per heavy atom. The zero-order valence-corrected chi connectivity index (χ0v) is 15.3. The molecule has 2 saturated heterocycles. The highest BCUT2D eigenvalue weighted by atomic mass is 16.7. The molecule has 3 rings (SSSR count). The number of nitrogens with zero attached hydrogens (tertiary/aromatic N) is 1. The van der Waals surface area contributed by atoms with E-state index in [-0.39, 0.29) is 23.9 Å². The highest BCUT2D eigenvalue weighted by Crippen LogP contribution is 2.36. The zero-order valence-electron chi connectivity index (χ0n) is 15.3. The van der Waals surface area contributed by atoms with Gasteiger partial charge in [0.05, 0.1) is 11.2 Å². The second kappa shape index (κ2) is 5.50. The molecule has 126 valence electrons. The summed E-state index contributed by atoms with van der Waals surface area (Å²) in [4.78, 5) is 2.47. The van der Waals surface area contributed by atoms with Gasteiger partial charge in [-0.3, -0.25) is 0 Å². The van der Waals surface area contributed by atoms with Gasteiger partial charge in [0.2, 0.25) is 0 Å². The van der Waals surface area contributed by atoms with E-state index < -0.39 is 0 Å². The van der Waals surface area contributed by atoms with Gasteiger partial charge >= 0.3 is 7.12 Å². The minimum Gasteiger partial charge on any atom is -0.399 e. The number of anilines is 1. The van der Waals surface area contributed by atoms with Crippen LogP contribution in [0.1, 0.15) is 41.5 Å². The van der Waals surface area contributed by atoms with Crippen LogP contribution in [0.25, 0.3) is 0 Å². The highest BCUT2D eigenvalue weighted by molar-refractivity contribution is 6.62. The molecule has 0 amide bonds. The molecule has 0 unspecified atom stereocenters. The molecule has 23 heavy (non-hydrogen) atoms. The van der Waals surface area contributed by atoms with Crippen LogP contribution in [0.3, 0.4) is 0 Å².